The summed E-state index contributed by atoms with van der Waals surface area (Å²) in [7, 11) is 0. The number of hydrogen-bond acceptors (Lipinski definition) is 4. The summed E-state index contributed by atoms with van der Waals surface area (Å²) >= 11 is 0. The number of para-hydroxylation sites is 1. The third-order valence-corrected chi connectivity index (χ3v) is 4.57. The quantitative estimate of drug-likeness (QED) is 0.808. The summed E-state index contributed by atoms with van der Waals surface area (Å²) in [5.74, 6) is 0.900. The van der Waals surface area contributed by atoms with Crippen molar-refractivity contribution >= 4 is 17.5 Å². The molecule has 0 bridgehead atoms. The SMILES string of the molecule is C=CC(=O)N1CCC[C@H](C(=O)Nc2ccccc2-c2n[nH]c(CC)n2)C1. The lowest BCUT2D eigenvalue weighted by Crippen LogP contribution is -2.43. The molecule has 26 heavy (non-hydrogen) atoms. The second kappa shape index (κ2) is 7.95. The lowest BCUT2D eigenvalue weighted by molar-refractivity contribution is -0.130. The molecule has 1 aliphatic rings. The smallest absolute Gasteiger partial charge is 0.245 e. The number of amides is 2. The van der Waals surface area contributed by atoms with Crippen molar-refractivity contribution in [3.63, 3.8) is 0 Å². The molecule has 0 unspecified atom stereocenters. The van der Waals surface area contributed by atoms with E-state index in [0.717, 1.165) is 30.7 Å². The van der Waals surface area contributed by atoms with Crippen LogP contribution in [-0.2, 0) is 16.0 Å². The van der Waals surface area contributed by atoms with Gasteiger partial charge >= 0.3 is 0 Å². The molecule has 7 heteroatoms. The van der Waals surface area contributed by atoms with E-state index in [1.165, 1.54) is 6.08 Å². The van der Waals surface area contributed by atoms with Gasteiger partial charge in [0.2, 0.25) is 11.8 Å². The number of nitrogens with zero attached hydrogens (tertiary/aromatic N) is 3. The van der Waals surface area contributed by atoms with Gasteiger partial charge in [-0.2, -0.15) is 5.10 Å². The van der Waals surface area contributed by atoms with Crippen LogP contribution >= 0.6 is 0 Å². The maximum atomic E-state index is 12.7. The van der Waals surface area contributed by atoms with E-state index >= 15 is 0 Å². The molecule has 0 spiro atoms. The highest BCUT2D eigenvalue weighted by molar-refractivity contribution is 5.97. The molecule has 0 radical (unpaired) electrons. The molecule has 3 rings (SSSR count). The van der Waals surface area contributed by atoms with Crippen molar-refractivity contribution in [1.29, 1.82) is 0 Å². The van der Waals surface area contributed by atoms with Crippen molar-refractivity contribution in [2.45, 2.75) is 26.2 Å². The molecule has 1 aliphatic heterocycles. The van der Waals surface area contributed by atoms with E-state index in [2.05, 4.69) is 27.1 Å². The number of piperidine rings is 1. The van der Waals surface area contributed by atoms with Crippen molar-refractivity contribution in [1.82, 2.24) is 20.1 Å². The summed E-state index contributed by atoms with van der Waals surface area (Å²) < 4.78 is 0. The Morgan fingerprint density at radius 2 is 2.23 bits per heavy atom. The maximum Gasteiger partial charge on any atom is 0.245 e. The Morgan fingerprint density at radius 1 is 1.42 bits per heavy atom. The summed E-state index contributed by atoms with van der Waals surface area (Å²) in [6.45, 7) is 6.60. The van der Waals surface area contributed by atoms with Gasteiger partial charge in [-0.1, -0.05) is 25.6 Å². The monoisotopic (exact) mass is 353 g/mol. The van der Waals surface area contributed by atoms with Gasteiger partial charge in [-0.3, -0.25) is 14.7 Å². The highest BCUT2D eigenvalue weighted by Gasteiger charge is 2.28. The molecule has 1 aromatic carbocycles. The zero-order chi connectivity index (χ0) is 18.5. The Labute approximate surface area is 152 Å². The number of H-pyrrole nitrogens is 1. The van der Waals surface area contributed by atoms with Crippen molar-refractivity contribution in [2.75, 3.05) is 18.4 Å². The minimum atomic E-state index is -0.237. The molecule has 2 aromatic rings. The van der Waals surface area contributed by atoms with Gasteiger partial charge in [0.05, 0.1) is 11.6 Å². The summed E-state index contributed by atoms with van der Waals surface area (Å²) in [5.41, 5.74) is 1.44. The first-order chi connectivity index (χ1) is 12.6. The van der Waals surface area contributed by atoms with Crippen molar-refractivity contribution < 1.29 is 9.59 Å². The standard InChI is InChI=1S/C19H23N5O2/c1-3-16-21-18(23-22-16)14-9-5-6-10-15(14)20-19(26)13-8-7-11-24(12-13)17(25)4-2/h4-6,9-10,13H,2-3,7-8,11-12H2,1H3,(H,20,26)(H,21,22,23)/t13-/m0/s1. The van der Waals surface area contributed by atoms with Crippen LogP contribution in [0.3, 0.4) is 0 Å². The Bertz CT molecular complexity index is 814. The van der Waals surface area contributed by atoms with Gasteiger partial charge in [0.1, 0.15) is 5.82 Å². The fourth-order valence-electron chi connectivity index (χ4n) is 3.12. The number of aromatic nitrogens is 3. The first kappa shape index (κ1) is 17.8. The minimum Gasteiger partial charge on any atom is -0.338 e. The van der Waals surface area contributed by atoms with Gasteiger partial charge in [-0.05, 0) is 31.1 Å². The molecule has 0 aliphatic carbocycles. The van der Waals surface area contributed by atoms with Crippen LogP contribution in [0.25, 0.3) is 11.4 Å². The number of anilines is 1. The van der Waals surface area contributed by atoms with Gasteiger partial charge in [0.25, 0.3) is 0 Å². The second-order valence-electron chi connectivity index (χ2n) is 6.32. The average Bonchev–Trinajstić information content (AvgIpc) is 3.17. The first-order valence-corrected chi connectivity index (χ1v) is 8.85. The van der Waals surface area contributed by atoms with Crippen LogP contribution in [0.15, 0.2) is 36.9 Å². The summed E-state index contributed by atoms with van der Waals surface area (Å²) in [5, 5.41) is 10.1. The van der Waals surface area contributed by atoms with Gasteiger partial charge in [0.15, 0.2) is 5.82 Å². The molecule has 136 valence electrons. The normalized spacial score (nSPS) is 17.0. The van der Waals surface area contributed by atoms with Crippen LogP contribution < -0.4 is 5.32 Å². The topological polar surface area (TPSA) is 91.0 Å². The molecule has 7 nitrogen and oxygen atoms in total. The average molecular weight is 353 g/mol. The Morgan fingerprint density at radius 3 is 2.96 bits per heavy atom. The number of aromatic amines is 1. The van der Waals surface area contributed by atoms with E-state index in [1.54, 1.807) is 4.90 Å². The summed E-state index contributed by atoms with van der Waals surface area (Å²) in [4.78, 5) is 30.7. The number of benzene rings is 1. The van der Waals surface area contributed by atoms with Crippen LogP contribution in [-0.4, -0.2) is 45.0 Å². The number of carbonyl (C=O) groups excluding carboxylic acids is 2. The van der Waals surface area contributed by atoms with Gasteiger partial charge in [-0.25, -0.2) is 4.98 Å². The van der Waals surface area contributed by atoms with Crippen LogP contribution in [0.4, 0.5) is 5.69 Å². The van der Waals surface area contributed by atoms with E-state index in [4.69, 9.17) is 0 Å². The zero-order valence-electron chi connectivity index (χ0n) is 14.9. The predicted molar refractivity (Wildman–Crippen MR) is 99.3 cm³/mol. The Hall–Kier alpha value is -2.96. The number of rotatable bonds is 5. The summed E-state index contributed by atoms with van der Waals surface area (Å²) in [6, 6.07) is 7.47. The number of aryl methyl sites for hydroxylation is 1. The molecule has 2 amide bonds. The fourth-order valence-corrected chi connectivity index (χ4v) is 3.12. The van der Waals surface area contributed by atoms with E-state index < -0.39 is 0 Å². The molecule has 0 saturated carbocycles. The lowest BCUT2D eigenvalue weighted by Gasteiger charge is -2.31. The van der Waals surface area contributed by atoms with Crippen LogP contribution in [0, 0.1) is 5.92 Å². The maximum absolute atomic E-state index is 12.7. The molecule has 2 N–H and O–H groups in total. The lowest BCUT2D eigenvalue weighted by atomic mass is 9.96. The molecular weight excluding hydrogens is 330 g/mol. The molecule has 1 atom stereocenters. The fraction of sp³-hybridized carbons (Fsp3) is 0.368. The molecule has 1 aromatic heterocycles. The van der Waals surface area contributed by atoms with Crippen molar-refractivity contribution in [3.05, 3.63) is 42.7 Å². The Balaban J connectivity index is 1.75. The molecule has 1 saturated heterocycles. The van der Waals surface area contributed by atoms with Crippen molar-refractivity contribution in [2.24, 2.45) is 5.92 Å². The summed E-state index contributed by atoms with van der Waals surface area (Å²) in [6.07, 6.45) is 3.62. The minimum absolute atomic E-state index is 0.0923. The van der Waals surface area contributed by atoms with Crippen LogP contribution in [0.1, 0.15) is 25.6 Å². The largest absolute Gasteiger partial charge is 0.338 e. The van der Waals surface area contributed by atoms with Gasteiger partial charge < -0.3 is 10.2 Å². The third kappa shape index (κ3) is 3.82. The predicted octanol–water partition coefficient (Wildman–Crippen LogP) is 2.40. The van der Waals surface area contributed by atoms with E-state index in [9.17, 15) is 9.59 Å². The molecule has 1 fully saturated rings. The molecule has 2 heterocycles. The highest BCUT2D eigenvalue weighted by Crippen LogP contribution is 2.26. The van der Waals surface area contributed by atoms with Crippen LogP contribution in [0.2, 0.25) is 0 Å². The van der Waals surface area contributed by atoms with Gasteiger partial charge in [-0.15, -0.1) is 0 Å². The number of likely N-dealkylation sites (tertiary alicyclic amines) is 1. The van der Waals surface area contributed by atoms with E-state index in [-0.39, 0.29) is 17.7 Å². The first-order valence-electron chi connectivity index (χ1n) is 8.85. The van der Waals surface area contributed by atoms with Crippen molar-refractivity contribution in [3.8, 4) is 11.4 Å². The van der Waals surface area contributed by atoms with E-state index in [1.807, 2.05) is 31.2 Å². The number of carbonyl (C=O) groups is 2. The van der Waals surface area contributed by atoms with E-state index in [0.29, 0.717) is 24.6 Å². The van der Waals surface area contributed by atoms with Gasteiger partial charge in [0, 0.05) is 25.1 Å². The number of nitrogens with one attached hydrogen (secondary N) is 2. The second-order valence-corrected chi connectivity index (χ2v) is 6.32. The highest BCUT2D eigenvalue weighted by atomic mass is 16.2. The zero-order valence-corrected chi connectivity index (χ0v) is 14.9. The van der Waals surface area contributed by atoms with Crippen LogP contribution in [0.5, 0.6) is 0 Å². The molecular formula is C19H23N5O2. The third-order valence-electron chi connectivity index (χ3n) is 4.57. The Kier molecular flexibility index (Phi) is 5.46. The number of hydrogen-bond donors (Lipinski definition) is 2.